The molecule has 0 aliphatic rings. The highest BCUT2D eigenvalue weighted by molar-refractivity contribution is 7.09. The van der Waals surface area contributed by atoms with Gasteiger partial charge < -0.3 is 15.5 Å². The molecule has 2 aromatic rings. The smallest absolute Gasteiger partial charge is 0.271 e. The molecule has 2 heterocycles. The van der Waals surface area contributed by atoms with Crippen molar-refractivity contribution >= 4 is 17.2 Å². The number of nitrogens with one attached hydrogen (secondary N) is 1. The molecule has 96 valence electrons. The summed E-state index contributed by atoms with van der Waals surface area (Å²) in [6, 6.07) is 3.26. The molecule has 5 nitrogen and oxygen atoms in total. The summed E-state index contributed by atoms with van der Waals surface area (Å²) >= 11 is 1.39. The zero-order valence-corrected chi connectivity index (χ0v) is 11.0. The third-order valence-electron chi connectivity index (χ3n) is 2.46. The second kappa shape index (κ2) is 5.32. The van der Waals surface area contributed by atoms with Gasteiger partial charge >= 0.3 is 0 Å². The Morgan fingerprint density at radius 2 is 2.33 bits per heavy atom. The zero-order valence-electron chi connectivity index (χ0n) is 10.2. The predicted octanol–water partition coefficient (Wildman–Crippen LogP) is 2.25. The summed E-state index contributed by atoms with van der Waals surface area (Å²) in [5.41, 5.74) is 6.10. The Labute approximate surface area is 109 Å². The first-order valence-electron chi connectivity index (χ1n) is 5.63. The first kappa shape index (κ1) is 12.8. The lowest BCUT2D eigenvalue weighted by Gasteiger charge is -2.09. The minimum absolute atomic E-state index is 0.154. The fourth-order valence-electron chi connectivity index (χ4n) is 1.48. The molecule has 1 amide bonds. The first-order chi connectivity index (χ1) is 8.58. The molecule has 0 bridgehead atoms. The van der Waals surface area contributed by atoms with Gasteiger partial charge in [-0.25, -0.2) is 4.98 Å². The number of hydrogen-bond donors (Lipinski definition) is 2. The first-order valence-corrected chi connectivity index (χ1v) is 6.51. The van der Waals surface area contributed by atoms with Crippen LogP contribution in [0.25, 0.3) is 0 Å². The van der Waals surface area contributed by atoms with Crippen molar-refractivity contribution in [1.82, 2.24) is 10.3 Å². The molecule has 0 saturated heterocycles. The molecule has 0 radical (unpaired) electrons. The van der Waals surface area contributed by atoms with Crippen LogP contribution < -0.4 is 11.1 Å². The Balaban J connectivity index is 2.03. The molecule has 0 aromatic carbocycles. The van der Waals surface area contributed by atoms with Crippen LogP contribution in [-0.4, -0.2) is 10.9 Å². The molecule has 6 heteroatoms. The number of nitrogens with two attached hydrogens (primary N) is 1. The number of rotatable bonds is 4. The Kier molecular flexibility index (Phi) is 3.78. The number of hydrogen-bond acceptors (Lipinski definition) is 5. The molecule has 0 aliphatic carbocycles. The molecule has 0 fully saturated rings. The van der Waals surface area contributed by atoms with Gasteiger partial charge in [-0.1, -0.05) is 0 Å². The van der Waals surface area contributed by atoms with E-state index in [1.807, 2.05) is 19.9 Å². The Bertz CT molecular complexity index is 519. The normalized spacial score (nSPS) is 14.2. The average Bonchev–Trinajstić information content (AvgIpc) is 3.00. The quantitative estimate of drug-likeness (QED) is 0.888. The van der Waals surface area contributed by atoms with E-state index in [0.29, 0.717) is 11.5 Å². The van der Waals surface area contributed by atoms with Crippen molar-refractivity contribution in [1.29, 1.82) is 0 Å². The summed E-state index contributed by atoms with van der Waals surface area (Å²) < 4.78 is 5.22. The van der Waals surface area contributed by atoms with Crippen molar-refractivity contribution in [3.63, 3.8) is 0 Å². The highest BCUT2D eigenvalue weighted by atomic mass is 32.1. The Morgan fingerprint density at radius 1 is 1.56 bits per heavy atom. The summed E-state index contributed by atoms with van der Waals surface area (Å²) in [5.74, 6) is 0.494. The van der Waals surface area contributed by atoms with E-state index in [9.17, 15) is 4.79 Å². The molecule has 2 unspecified atom stereocenters. The maximum Gasteiger partial charge on any atom is 0.271 e. The standard InChI is InChI=1S/C12H15N3O2S/c1-7(13)12-15-9(6-18-12)11(16)14-8(2)10-4-3-5-17-10/h3-8H,13H2,1-2H3,(H,14,16). The average molecular weight is 265 g/mol. The monoisotopic (exact) mass is 265 g/mol. The lowest BCUT2D eigenvalue weighted by molar-refractivity contribution is 0.0931. The van der Waals surface area contributed by atoms with Crippen molar-refractivity contribution in [3.05, 3.63) is 40.2 Å². The van der Waals surface area contributed by atoms with Gasteiger partial charge in [-0.05, 0) is 26.0 Å². The van der Waals surface area contributed by atoms with Crippen LogP contribution in [-0.2, 0) is 0 Å². The highest BCUT2D eigenvalue weighted by Gasteiger charge is 2.16. The van der Waals surface area contributed by atoms with E-state index in [1.54, 1.807) is 17.7 Å². The van der Waals surface area contributed by atoms with E-state index in [1.165, 1.54) is 11.3 Å². The van der Waals surface area contributed by atoms with Gasteiger partial charge in [0.1, 0.15) is 16.5 Å². The maximum absolute atomic E-state index is 11.9. The molecule has 0 aliphatic heterocycles. The Morgan fingerprint density at radius 3 is 2.89 bits per heavy atom. The second-order valence-electron chi connectivity index (χ2n) is 4.07. The van der Waals surface area contributed by atoms with Crippen LogP contribution >= 0.6 is 11.3 Å². The lowest BCUT2D eigenvalue weighted by atomic mass is 10.2. The van der Waals surface area contributed by atoms with Crippen molar-refractivity contribution < 1.29 is 9.21 Å². The van der Waals surface area contributed by atoms with Crippen LogP contribution in [0.1, 0.15) is 47.2 Å². The third-order valence-corrected chi connectivity index (χ3v) is 3.51. The zero-order chi connectivity index (χ0) is 13.1. The van der Waals surface area contributed by atoms with Crippen LogP contribution in [0.5, 0.6) is 0 Å². The summed E-state index contributed by atoms with van der Waals surface area (Å²) in [7, 11) is 0. The Hall–Kier alpha value is -1.66. The van der Waals surface area contributed by atoms with Gasteiger partial charge in [-0.15, -0.1) is 11.3 Å². The SMILES string of the molecule is CC(N)c1nc(C(=O)NC(C)c2ccco2)cs1. The van der Waals surface area contributed by atoms with Crippen LogP contribution in [0.4, 0.5) is 0 Å². The van der Waals surface area contributed by atoms with Gasteiger partial charge in [-0.3, -0.25) is 4.79 Å². The van der Waals surface area contributed by atoms with Crippen molar-refractivity contribution in [2.24, 2.45) is 5.73 Å². The highest BCUT2D eigenvalue weighted by Crippen LogP contribution is 2.17. The fraction of sp³-hybridized carbons (Fsp3) is 0.333. The van der Waals surface area contributed by atoms with Crippen molar-refractivity contribution in [2.75, 3.05) is 0 Å². The van der Waals surface area contributed by atoms with Crippen molar-refractivity contribution in [2.45, 2.75) is 25.9 Å². The number of thiazole rings is 1. The number of aromatic nitrogens is 1. The van der Waals surface area contributed by atoms with E-state index in [0.717, 1.165) is 5.01 Å². The maximum atomic E-state index is 11.9. The van der Waals surface area contributed by atoms with Gasteiger partial charge in [-0.2, -0.15) is 0 Å². The largest absolute Gasteiger partial charge is 0.467 e. The molecule has 2 atom stereocenters. The topological polar surface area (TPSA) is 81.1 Å². The molecule has 0 saturated carbocycles. The molecular formula is C12H15N3O2S. The summed E-state index contributed by atoms with van der Waals surface area (Å²) in [6.07, 6.45) is 1.58. The van der Waals surface area contributed by atoms with Crippen molar-refractivity contribution in [3.8, 4) is 0 Å². The minimum Gasteiger partial charge on any atom is -0.467 e. The van der Waals surface area contributed by atoms with E-state index in [2.05, 4.69) is 10.3 Å². The summed E-state index contributed by atoms with van der Waals surface area (Å²) in [5, 5.41) is 5.29. The number of amides is 1. The van der Waals surface area contributed by atoms with Gasteiger partial charge in [0, 0.05) is 5.38 Å². The predicted molar refractivity (Wildman–Crippen MR) is 69.3 cm³/mol. The minimum atomic E-state index is -0.220. The molecule has 2 rings (SSSR count). The van der Waals surface area contributed by atoms with Crippen LogP contribution in [0, 0.1) is 0 Å². The van der Waals surface area contributed by atoms with E-state index in [4.69, 9.17) is 10.2 Å². The molecule has 3 N–H and O–H groups in total. The van der Waals surface area contributed by atoms with Crippen LogP contribution in [0.15, 0.2) is 28.2 Å². The number of nitrogens with zero attached hydrogens (tertiary/aromatic N) is 1. The van der Waals surface area contributed by atoms with Crippen LogP contribution in [0.2, 0.25) is 0 Å². The van der Waals surface area contributed by atoms with Gasteiger partial charge in [0.15, 0.2) is 0 Å². The molecule has 2 aromatic heterocycles. The number of carbonyl (C=O) groups is 1. The van der Waals surface area contributed by atoms with Crippen LogP contribution in [0.3, 0.4) is 0 Å². The lowest BCUT2D eigenvalue weighted by Crippen LogP contribution is -2.26. The van der Waals surface area contributed by atoms with Gasteiger partial charge in [0.2, 0.25) is 0 Å². The molecule has 0 spiro atoms. The number of furan rings is 1. The molecular weight excluding hydrogens is 250 g/mol. The van der Waals surface area contributed by atoms with E-state index >= 15 is 0 Å². The van der Waals surface area contributed by atoms with E-state index in [-0.39, 0.29) is 18.0 Å². The van der Waals surface area contributed by atoms with Gasteiger partial charge in [0.05, 0.1) is 18.3 Å². The van der Waals surface area contributed by atoms with Gasteiger partial charge in [0.25, 0.3) is 5.91 Å². The summed E-state index contributed by atoms with van der Waals surface area (Å²) in [6.45, 7) is 3.70. The molecule has 18 heavy (non-hydrogen) atoms. The summed E-state index contributed by atoms with van der Waals surface area (Å²) in [4.78, 5) is 16.1. The van der Waals surface area contributed by atoms with E-state index < -0.39 is 0 Å². The second-order valence-corrected chi connectivity index (χ2v) is 4.96. The third kappa shape index (κ3) is 2.77. The fourth-order valence-corrected chi connectivity index (χ4v) is 2.24. The number of carbonyl (C=O) groups excluding carboxylic acids is 1.